The first-order chi connectivity index (χ1) is 13.4. The molecule has 0 radical (unpaired) electrons. The summed E-state index contributed by atoms with van der Waals surface area (Å²) >= 11 is 0. The molecule has 1 aliphatic carbocycles. The molecule has 3 rings (SSSR count). The molecule has 10 nitrogen and oxygen atoms in total. The number of hydrogen-bond acceptors (Lipinski definition) is 5. The van der Waals surface area contributed by atoms with Crippen molar-refractivity contribution >= 4 is 23.5 Å². The Kier molecular flexibility index (Phi) is 5.76. The van der Waals surface area contributed by atoms with Crippen LogP contribution in [0, 0.1) is 0 Å². The third-order valence-corrected chi connectivity index (χ3v) is 4.87. The van der Waals surface area contributed by atoms with Gasteiger partial charge in [0.05, 0.1) is 17.4 Å². The third-order valence-electron chi connectivity index (χ3n) is 4.87. The zero-order valence-corrected chi connectivity index (χ0v) is 15.9. The van der Waals surface area contributed by atoms with Crippen molar-refractivity contribution in [1.29, 1.82) is 0 Å². The molecule has 2 amide bonds. The number of anilines is 1. The molecule has 10 heteroatoms. The molecule has 2 heterocycles. The SMILES string of the molecule is CCn1cc(NC(=O)C(C)n2cc(C(=O)O)cn2)c(C(=O)NC2CCCC2)n1. The molecule has 1 fully saturated rings. The molecule has 1 saturated carbocycles. The van der Waals surface area contributed by atoms with Gasteiger partial charge in [-0.05, 0) is 26.7 Å². The number of carbonyl (C=O) groups excluding carboxylic acids is 2. The van der Waals surface area contributed by atoms with Crippen molar-refractivity contribution in [3.63, 3.8) is 0 Å². The lowest BCUT2D eigenvalue weighted by Crippen LogP contribution is -2.34. The Hall–Kier alpha value is -3.17. The summed E-state index contributed by atoms with van der Waals surface area (Å²) in [5, 5.41) is 22.9. The zero-order valence-electron chi connectivity index (χ0n) is 15.9. The maximum absolute atomic E-state index is 12.6. The molecular formula is C18H24N6O4. The summed E-state index contributed by atoms with van der Waals surface area (Å²) in [6.07, 6.45) is 8.17. The Labute approximate surface area is 161 Å². The van der Waals surface area contributed by atoms with E-state index < -0.39 is 17.9 Å². The summed E-state index contributed by atoms with van der Waals surface area (Å²) < 4.78 is 2.85. The van der Waals surface area contributed by atoms with Gasteiger partial charge < -0.3 is 15.7 Å². The van der Waals surface area contributed by atoms with E-state index in [9.17, 15) is 14.4 Å². The van der Waals surface area contributed by atoms with Gasteiger partial charge in [0.1, 0.15) is 6.04 Å². The number of aromatic nitrogens is 4. The number of nitrogens with one attached hydrogen (secondary N) is 2. The first kappa shape index (κ1) is 19.6. The van der Waals surface area contributed by atoms with Crippen molar-refractivity contribution in [2.24, 2.45) is 0 Å². The first-order valence-corrected chi connectivity index (χ1v) is 9.35. The summed E-state index contributed by atoms with van der Waals surface area (Å²) in [4.78, 5) is 36.2. The van der Waals surface area contributed by atoms with E-state index in [1.807, 2.05) is 6.92 Å². The Bertz CT molecular complexity index is 881. The quantitative estimate of drug-likeness (QED) is 0.661. The first-order valence-electron chi connectivity index (χ1n) is 9.35. The van der Waals surface area contributed by atoms with Crippen molar-refractivity contribution < 1.29 is 19.5 Å². The summed E-state index contributed by atoms with van der Waals surface area (Å²) in [7, 11) is 0. The minimum atomic E-state index is -1.12. The number of rotatable bonds is 7. The number of carboxylic acid groups (broad SMARTS) is 1. The molecule has 1 atom stereocenters. The lowest BCUT2D eigenvalue weighted by atomic mass is 10.2. The van der Waals surface area contributed by atoms with Gasteiger partial charge in [-0.3, -0.25) is 19.0 Å². The van der Waals surface area contributed by atoms with Crippen LogP contribution in [-0.2, 0) is 11.3 Å². The van der Waals surface area contributed by atoms with E-state index in [4.69, 9.17) is 5.11 Å². The van der Waals surface area contributed by atoms with Crippen molar-refractivity contribution in [1.82, 2.24) is 24.9 Å². The molecule has 0 aromatic carbocycles. The average Bonchev–Trinajstić information content (AvgIpc) is 3.41. The highest BCUT2D eigenvalue weighted by Crippen LogP contribution is 2.21. The molecule has 1 unspecified atom stereocenters. The summed E-state index contributed by atoms with van der Waals surface area (Å²) in [6, 6.07) is -0.621. The van der Waals surface area contributed by atoms with Gasteiger partial charge in [0.25, 0.3) is 5.91 Å². The van der Waals surface area contributed by atoms with Gasteiger partial charge in [0.15, 0.2) is 5.69 Å². The highest BCUT2D eigenvalue weighted by atomic mass is 16.4. The van der Waals surface area contributed by atoms with Crippen LogP contribution in [0.15, 0.2) is 18.6 Å². The number of aromatic carboxylic acids is 1. The van der Waals surface area contributed by atoms with Gasteiger partial charge in [-0.25, -0.2) is 4.79 Å². The second-order valence-corrected chi connectivity index (χ2v) is 6.88. The molecule has 0 bridgehead atoms. The molecule has 150 valence electrons. The topological polar surface area (TPSA) is 131 Å². The number of aryl methyl sites for hydroxylation is 1. The molecule has 0 saturated heterocycles. The van der Waals surface area contributed by atoms with Gasteiger partial charge in [0.2, 0.25) is 5.91 Å². The largest absolute Gasteiger partial charge is 0.478 e. The highest BCUT2D eigenvalue weighted by molar-refractivity contribution is 6.03. The summed E-state index contributed by atoms with van der Waals surface area (Å²) in [5.74, 6) is -1.85. The predicted octanol–water partition coefficient (Wildman–Crippen LogP) is 1.67. The normalized spacial score (nSPS) is 15.4. The number of amides is 2. The Morgan fingerprint density at radius 1 is 1.29 bits per heavy atom. The molecular weight excluding hydrogens is 364 g/mol. The maximum Gasteiger partial charge on any atom is 0.338 e. The molecule has 3 N–H and O–H groups in total. The van der Waals surface area contributed by atoms with E-state index in [0.29, 0.717) is 12.2 Å². The molecule has 28 heavy (non-hydrogen) atoms. The van der Waals surface area contributed by atoms with E-state index >= 15 is 0 Å². The standard InChI is InChI=1S/C18H24N6O4/c1-3-23-10-14(15(22-23)17(26)20-13-6-4-5-7-13)21-16(25)11(2)24-9-12(8-19-24)18(27)28/h8-11,13H,3-7H2,1-2H3,(H,20,26)(H,21,25)(H,27,28). The molecule has 2 aromatic heterocycles. The second-order valence-electron chi connectivity index (χ2n) is 6.88. The number of carbonyl (C=O) groups is 3. The van der Waals surface area contributed by atoms with Crippen molar-refractivity contribution in [3.8, 4) is 0 Å². The van der Waals surface area contributed by atoms with Crippen molar-refractivity contribution in [3.05, 3.63) is 29.8 Å². The Morgan fingerprint density at radius 3 is 2.61 bits per heavy atom. The van der Waals surface area contributed by atoms with Crippen LogP contribution in [0.2, 0.25) is 0 Å². The van der Waals surface area contributed by atoms with E-state index in [1.54, 1.807) is 17.8 Å². The summed E-state index contributed by atoms with van der Waals surface area (Å²) in [5.41, 5.74) is 0.482. The lowest BCUT2D eigenvalue weighted by molar-refractivity contribution is -0.119. The van der Waals surface area contributed by atoms with Crippen LogP contribution in [0.1, 0.15) is 66.4 Å². The molecule has 2 aromatic rings. The van der Waals surface area contributed by atoms with E-state index in [2.05, 4.69) is 20.8 Å². The minimum Gasteiger partial charge on any atom is -0.478 e. The van der Waals surface area contributed by atoms with Gasteiger partial charge >= 0.3 is 5.97 Å². The van der Waals surface area contributed by atoms with Crippen molar-refractivity contribution in [2.75, 3.05) is 5.32 Å². The fourth-order valence-corrected chi connectivity index (χ4v) is 3.18. The average molecular weight is 388 g/mol. The highest BCUT2D eigenvalue weighted by Gasteiger charge is 2.25. The monoisotopic (exact) mass is 388 g/mol. The van der Waals surface area contributed by atoms with Crippen LogP contribution in [0.5, 0.6) is 0 Å². The lowest BCUT2D eigenvalue weighted by Gasteiger charge is -2.14. The maximum atomic E-state index is 12.6. The van der Waals surface area contributed by atoms with E-state index in [1.165, 1.54) is 17.1 Å². The van der Waals surface area contributed by atoms with Crippen LogP contribution in [-0.4, -0.2) is 48.5 Å². The van der Waals surface area contributed by atoms with Gasteiger partial charge in [-0.2, -0.15) is 10.2 Å². The second kappa shape index (κ2) is 8.24. The molecule has 1 aliphatic rings. The smallest absolute Gasteiger partial charge is 0.338 e. The fourth-order valence-electron chi connectivity index (χ4n) is 3.18. The van der Waals surface area contributed by atoms with Crippen LogP contribution in [0.25, 0.3) is 0 Å². The van der Waals surface area contributed by atoms with Gasteiger partial charge in [-0.15, -0.1) is 0 Å². The van der Waals surface area contributed by atoms with Crippen LogP contribution >= 0.6 is 0 Å². The zero-order chi connectivity index (χ0) is 20.3. The van der Waals surface area contributed by atoms with E-state index in [0.717, 1.165) is 25.7 Å². The number of nitrogens with zero attached hydrogens (tertiary/aromatic N) is 4. The predicted molar refractivity (Wildman–Crippen MR) is 100 cm³/mol. The van der Waals surface area contributed by atoms with Gasteiger partial charge in [0, 0.05) is 25.0 Å². The number of carboxylic acids is 1. The van der Waals surface area contributed by atoms with E-state index in [-0.39, 0.29) is 23.2 Å². The Balaban J connectivity index is 1.74. The third kappa shape index (κ3) is 4.21. The molecule has 0 aliphatic heterocycles. The fraction of sp³-hybridized carbons (Fsp3) is 0.500. The Morgan fingerprint density at radius 2 is 2.00 bits per heavy atom. The number of hydrogen-bond donors (Lipinski definition) is 3. The minimum absolute atomic E-state index is 0.00455. The van der Waals surface area contributed by atoms with Crippen molar-refractivity contribution in [2.45, 2.75) is 58.2 Å². The van der Waals surface area contributed by atoms with Crippen LogP contribution in [0.4, 0.5) is 5.69 Å². The van der Waals surface area contributed by atoms with Crippen LogP contribution < -0.4 is 10.6 Å². The van der Waals surface area contributed by atoms with Crippen LogP contribution in [0.3, 0.4) is 0 Å². The van der Waals surface area contributed by atoms with Gasteiger partial charge in [-0.1, -0.05) is 12.8 Å². The summed E-state index contributed by atoms with van der Waals surface area (Å²) in [6.45, 7) is 4.03. The molecule has 0 spiro atoms.